The molecular weight excluding hydrogens is 228 g/mol. The molecule has 0 unspecified atom stereocenters. The van der Waals surface area contributed by atoms with Gasteiger partial charge in [0.15, 0.2) is 0 Å². The van der Waals surface area contributed by atoms with Crippen molar-refractivity contribution in [2.45, 2.75) is 27.2 Å². The summed E-state index contributed by atoms with van der Waals surface area (Å²) >= 11 is 0. The third-order valence-electron chi connectivity index (χ3n) is 2.99. The third kappa shape index (κ3) is 3.23. The standard InChI is InChI=1S/C14H22N2O2/c1-4-5-16(6-7-17)14(18)12-9-13(15)11(3)8-10(12)2/h8-9,17H,4-7,15H2,1-3H3. The second kappa shape index (κ2) is 6.40. The van der Waals surface area contributed by atoms with Crippen LogP contribution in [0.2, 0.25) is 0 Å². The predicted octanol–water partition coefficient (Wildman–Crippen LogP) is 1.73. The van der Waals surface area contributed by atoms with Crippen molar-refractivity contribution in [3.05, 3.63) is 28.8 Å². The Kier molecular flexibility index (Phi) is 5.16. The van der Waals surface area contributed by atoms with Gasteiger partial charge in [0.1, 0.15) is 0 Å². The maximum atomic E-state index is 12.4. The average Bonchev–Trinajstić information content (AvgIpc) is 2.33. The quantitative estimate of drug-likeness (QED) is 0.782. The SMILES string of the molecule is CCCN(CCO)C(=O)c1cc(N)c(C)cc1C. The van der Waals surface area contributed by atoms with E-state index in [0.29, 0.717) is 24.3 Å². The molecule has 4 heteroatoms. The van der Waals surface area contributed by atoms with Gasteiger partial charge < -0.3 is 15.7 Å². The van der Waals surface area contributed by atoms with E-state index in [0.717, 1.165) is 17.5 Å². The molecule has 3 N–H and O–H groups in total. The van der Waals surface area contributed by atoms with E-state index in [1.54, 1.807) is 11.0 Å². The van der Waals surface area contributed by atoms with E-state index >= 15 is 0 Å². The molecule has 0 fully saturated rings. The number of aliphatic hydroxyl groups is 1. The number of rotatable bonds is 5. The first-order valence-electron chi connectivity index (χ1n) is 6.28. The highest BCUT2D eigenvalue weighted by atomic mass is 16.3. The van der Waals surface area contributed by atoms with Crippen LogP contribution < -0.4 is 5.73 Å². The zero-order valence-corrected chi connectivity index (χ0v) is 11.4. The number of aryl methyl sites for hydroxylation is 2. The van der Waals surface area contributed by atoms with Crippen LogP contribution in [0.5, 0.6) is 0 Å². The van der Waals surface area contributed by atoms with Crippen LogP contribution in [0.4, 0.5) is 5.69 Å². The van der Waals surface area contributed by atoms with Crippen LogP contribution in [0.3, 0.4) is 0 Å². The minimum Gasteiger partial charge on any atom is -0.398 e. The molecule has 0 aliphatic carbocycles. The van der Waals surface area contributed by atoms with Crippen LogP contribution in [-0.2, 0) is 0 Å². The summed E-state index contributed by atoms with van der Waals surface area (Å²) in [5.74, 6) is -0.0601. The normalized spacial score (nSPS) is 10.4. The minimum absolute atomic E-state index is 0.0217. The number of aliphatic hydroxyl groups excluding tert-OH is 1. The van der Waals surface area contributed by atoms with E-state index in [-0.39, 0.29) is 12.5 Å². The Morgan fingerprint density at radius 3 is 2.50 bits per heavy atom. The summed E-state index contributed by atoms with van der Waals surface area (Å²) < 4.78 is 0. The average molecular weight is 250 g/mol. The minimum atomic E-state index is -0.0601. The van der Waals surface area contributed by atoms with Gasteiger partial charge in [-0.1, -0.05) is 13.0 Å². The fraction of sp³-hybridized carbons (Fsp3) is 0.500. The molecule has 0 aliphatic rings. The lowest BCUT2D eigenvalue weighted by Gasteiger charge is -2.22. The molecule has 1 aromatic rings. The van der Waals surface area contributed by atoms with Gasteiger partial charge in [-0.2, -0.15) is 0 Å². The van der Waals surface area contributed by atoms with Crippen molar-refractivity contribution in [3.8, 4) is 0 Å². The number of nitrogens with two attached hydrogens (primary N) is 1. The summed E-state index contributed by atoms with van der Waals surface area (Å²) in [7, 11) is 0. The fourth-order valence-corrected chi connectivity index (χ4v) is 1.98. The lowest BCUT2D eigenvalue weighted by Crippen LogP contribution is -2.34. The highest BCUT2D eigenvalue weighted by Gasteiger charge is 2.17. The van der Waals surface area contributed by atoms with Crippen LogP contribution in [0.25, 0.3) is 0 Å². The molecule has 0 saturated carbocycles. The van der Waals surface area contributed by atoms with Gasteiger partial charge in [-0.05, 0) is 37.5 Å². The lowest BCUT2D eigenvalue weighted by molar-refractivity contribution is 0.0721. The number of carbonyl (C=O) groups excluding carboxylic acids is 1. The highest BCUT2D eigenvalue weighted by Crippen LogP contribution is 2.19. The molecule has 0 saturated heterocycles. The summed E-state index contributed by atoms with van der Waals surface area (Å²) in [5, 5.41) is 9.01. The Hall–Kier alpha value is -1.55. The van der Waals surface area contributed by atoms with Gasteiger partial charge in [-0.3, -0.25) is 4.79 Å². The van der Waals surface area contributed by atoms with Crippen LogP contribution in [0.1, 0.15) is 34.8 Å². The number of nitrogens with zero attached hydrogens (tertiary/aromatic N) is 1. The predicted molar refractivity (Wildman–Crippen MR) is 73.6 cm³/mol. The second-order valence-electron chi connectivity index (χ2n) is 4.54. The number of hydrogen-bond donors (Lipinski definition) is 2. The molecule has 1 amide bonds. The van der Waals surface area contributed by atoms with Crippen LogP contribution >= 0.6 is 0 Å². The number of amides is 1. The number of carbonyl (C=O) groups is 1. The van der Waals surface area contributed by atoms with Crippen molar-refractivity contribution in [1.82, 2.24) is 4.90 Å². The molecule has 1 aromatic carbocycles. The number of nitrogen functional groups attached to an aromatic ring is 1. The second-order valence-corrected chi connectivity index (χ2v) is 4.54. The maximum Gasteiger partial charge on any atom is 0.254 e. The summed E-state index contributed by atoms with van der Waals surface area (Å²) in [4.78, 5) is 14.0. The zero-order chi connectivity index (χ0) is 13.7. The zero-order valence-electron chi connectivity index (χ0n) is 11.4. The third-order valence-corrected chi connectivity index (χ3v) is 2.99. The van der Waals surface area contributed by atoms with Gasteiger partial charge in [-0.25, -0.2) is 0 Å². The van der Waals surface area contributed by atoms with Crippen LogP contribution in [-0.4, -0.2) is 35.6 Å². The van der Waals surface area contributed by atoms with Gasteiger partial charge in [0.25, 0.3) is 5.91 Å². The molecule has 100 valence electrons. The van der Waals surface area contributed by atoms with E-state index in [2.05, 4.69) is 0 Å². The molecule has 0 bridgehead atoms. The number of anilines is 1. The molecule has 0 spiro atoms. The largest absolute Gasteiger partial charge is 0.398 e. The van der Waals surface area contributed by atoms with Gasteiger partial charge in [0, 0.05) is 24.3 Å². The van der Waals surface area contributed by atoms with Gasteiger partial charge in [0.05, 0.1) is 6.61 Å². The molecule has 0 atom stereocenters. The number of benzene rings is 1. The summed E-state index contributed by atoms with van der Waals surface area (Å²) in [6.45, 7) is 6.82. The lowest BCUT2D eigenvalue weighted by atomic mass is 10.0. The van der Waals surface area contributed by atoms with Gasteiger partial charge >= 0.3 is 0 Å². The van der Waals surface area contributed by atoms with E-state index in [1.165, 1.54) is 0 Å². The summed E-state index contributed by atoms with van der Waals surface area (Å²) in [6.07, 6.45) is 0.867. The first-order valence-corrected chi connectivity index (χ1v) is 6.28. The van der Waals surface area contributed by atoms with E-state index < -0.39 is 0 Å². The monoisotopic (exact) mass is 250 g/mol. The van der Waals surface area contributed by atoms with E-state index in [1.807, 2.05) is 26.8 Å². The Balaban J connectivity index is 3.04. The molecule has 0 aromatic heterocycles. The van der Waals surface area contributed by atoms with Crippen molar-refractivity contribution >= 4 is 11.6 Å². The summed E-state index contributed by atoms with van der Waals surface area (Å²) in [5.41, 5.74) is 9.01. The van der Waals surface area contributed by atoms with Crippen LogP contribution in [0, 0.1) is 13.8 Å². The number of hydrogen-bond acceptors (Lipinski definition) is 3. The van der Waals surface area contributed by atoms with Crippen molar-refractivity contribution in [2.24, 2.45) is 0 Å². The molecule has 1 rings (SSSR count). The van der Waals surface area contributed by atoms with Crippen molar-refractivity contribution in [1.29, 1.82) is 0 Å². The first-order chi connectivity index (χ1) is 8.51. The highest BCUT2D eigenvalue weighted by molar-refractivity contribution is 5.96. The van der Waals surface area contributed by atoms with Crippen LogP contribution in [0.15, 0.2) is 12.1 Å². The van der Waals surface area contributed by atoms with Crippen molar-refractivity contribution < 1.29 is 9.90 Å². The topological polar surface area (TPSA) is 66.6 Å². The molecule has 4 nitrogen and oxygen atoms in total. The van der Waals surface area contributed by atoms with E-state index in [9.17, 15) is 4.79 Å². The maximum absolute atomic E-state index is 12.4. The summed E-state index contributed by atoms with van der Waals surface area (Å²) in [6, 6.07) is 3.65. The van der Waals surface area contributed by atoms with Gasteiger partial charge in [-0.15, -0.1) is 0 Å². The Morgan fingerprint density at radius 1 is 1.28 bits per heavy atom. The Bertz CT molecular complexity index is 424. The molecule has 0 aliphatic heterocycles. The Morgan fingerprint density at radius 2 is 1.94 bits per heavy atom. The fourth-order valence-electron chi connectivity index (χ4n) is 1.98. The van der Waals surface area contributed by atoms with E-state index in [4.69, 9.17) is 10.8 Å². The smallest absolute Gasteiger partial charge is 0.254 e. The molecular formula is C14H22N2O2. The first kappa shape index (κ1) is 14.5. The van der Waals surface area contributed by atoms with Crippen molar-refractivity contribution in [3.63, 3.8) is 0 Å². The molecule has 0 radical (unpaired) electrons. The molecule has 18 heavy (non-hydrogen) atoms. The molecule has 0 heterocycles. The van der Waals surface area contributed by atoms with Gasteiger partial charge in [0.2, 0.25) is 0 Å². The van der Waals surface area contributed by atoms with Crippen molar-refractivity contribution in [2.75, 3.05) is 25.4 Å². The Labute approximate surface area is 108 Å².